The van der Waals surface area contributed by atoms with Gasteiger partial charge in [0.2, 0.25) is 0 Å². The van der Waals surface area contributed by atoms with Gasteiger partial charge in [0.25, 0.3) is 0 Å². The molecule has 0 saturated carbocycles. The molecule has 0 aliphatic heterocycles. The molecule has 0 saturated heterocycles. The Balaban J connectivity index is 2.25. The normalized spacial score (nSPS) is 12.1. The topological polar surface area (TPSA) is 63.3 Å². The van der Waals surface area contributed by atoms with Crippen molar-refractivity contribution in [3.05, 3.63) is 69.7 Å². The van der Waals surface area contributed by atoms with Crippen molar-refractivity contribution in [2.24, 2.45) is 5.73 Å². The largest absolute Gasteiger partial charge is 0.478 e. The van der Waals surface area contributed by atoms with Crippen molar-refractivity contribution in [3.63, 3.8) is 0 Å². The molecule has 2 aromatic rings. The molecule has 18 heavy (non-hydrogen) atoms. The van der Waals surface area contributed by atoms with Gasteiger partial charge in [0.05, 0.1) is 11.6 Å². The van der Waals surface area contributed by atoms with Gasteiger partial charge < -0.3 is 10.8 Å². The second-order valence-corrected chi connectivity index (χ2v) is 4.87. The standard InChI is InChI=1S/C14H12BrNO2/c15-12-7-5-10(6-8-12)13(16)9-1-3-11(4-2-9)14(17)18/h1-8,13H,16H2,(H,17,18). The van der Waals surface area contributed by atoms with Gasteiger partial charge in [-0.25, -0.2) is 4.79 Å². The number of rotatable bonds is 3. The number of nitrogens with two attached hydrogens (primary N) is 1. The highest BCUT2D eigenvalue weighted by molar-refractivity contribution is 9.10. The summed E-state index contributed by atoms with van der Waals surface area (Å²) in [5.41, 5.74) is 8.27. The van der Waals surface area contributed by atoms with E-state index in [0.29, 0.717) is 0 Å². The molecular formula is C14H12BrNO2. The predicted octanol–water partition coefficient (Wildman–Crippen LogP) is 3.20. The van der Waals surface area contributed by atoms with E-state index in [9.17, 15) is 4.79 Å². The Kier molecular flexibility index (Phi) is 3.79. The fourth-order valence-electron chi connectivity index (χ4n) is 1.70. The second-order valence-electron chi connectivity index (χ2n) is 3.96. The lowest BCUT2D eigenvalue weighted by Crippen LogP contribution is -2.11. The number of aromatic carboxylic acids is 1. The summed E-state index contributed by atoms with van der Waals surface area (Å²) < 4.78 is 1.000. The van der Waals surface area contributed by atoms with Crippen molar-refractivity contribution in [2.45, 2.75) is 6.04 Å². The Morgan fingerprint density at radius 3 is 1.89 bits per heavy atom. The van der Waals surface area contributed by atoms with E-state index < -0.39 is 5.97 Å². The molecule has 0 spiro atoms. The molecule has 0 fully saturated rings. The van der Waals surface area contributed by atoms with Crippen LogP contribution < -0.4 is 5.73 Å². The molecule has 0 aliphatic carbocycles. The number of hydrogen-bond donors (Lipinski definition) is 2. The van der Waals surface area contributed by atoms with E-state index in [4.69, 9.17) is 10.8 Å². The number of carboxylic acid groups (broad SMARTS) is 1. The van der Waals surface area contributed by atoms with Gasteiger partial charge in [-0.1, -0.05) is 40.2 Å². The van der Waals surface area contributed by atoms with E-state index in [1.54, 1.807) is 24.3 Å². The van der Waals surface area contributed by atoms with Crippen molar-refractivity contribution in [1.29, 1.82) is 0 Å². The maximum absolute atomic E-state index is 10.8. The molecule has 2 aromatic carbocycles. The van der Waals surface area contributed by atoms with E-state index in [1.807, 2.05) is 24.3 Å². The van der Waals surface area contributed by atoms with E-state index in [-0.39, 0.29) is 11.6 Å². The summed E-state index contributed by atoms with van der Waals surface area (Å²) in [5.74, 6) is -0.932. The molecule has 2 rings (SSSR count). The third kappa shape index (κ3) is 2.78. The highest BCUT2D eigenvalue weighted by Crippen LogP contribution is 2.21. The number of hydrogen-bond acceptors (Lipinski definition) is 2. The van der Waals surface area contributed by atoms with Crippen LogP contribution in [0.2, 0.25) is 0 Å². The lowest BCUT2D eigenvalue weighted by molar-refractivity contribution is 0.0697. The zero-order chi connectivity index (χ0) is 13.1. The minimum atomic E-state index is -0.932. The van der Waals surface area contributed by atoms with Crippen LogP contribution in [0, 0.1) is 0 Å². The lowest BCUT2D eigenvalue weighted by Gasteiger charge is -2.12. The number of halogens is 1. The third-order valence-corrected chi connectivity index (χ3v) is 3.27. The van der Waals surface area contributed by atoms with Crippen LogP contribution >= 0.6 is 15.9 Å². The quantitative estimate of drug-likeness (QED) is 0.915. The summed E-state index contributed by atoms with van der Waals surface area (Å²) in [6.07, 6.45) is 0. The molecule has 1 unspecified atom stereocenters. The van der Waals surface area contributed by atoms with Crippen LogP contribution in [0.25, 0.3) is 0 Å². The molecule has 0 aromatic heterocycles. The van der Waals surface area contributed by atoms with Crippen LogP contribution in [0.1, 0.15) is 27.5 Å². The second kappa shape index (κ2) is 5.33. The van der Waals surface area contributed by atoms with Crippen LogP contribution in [0.4, 0.5) is 0 Å². The van der Waals surface area contributed by atoms with Crippen molar-refractivity contribution in [1.82, 2.24) is 0 Å². The van der Waals surface area contributed by atoms with E-state index >= 15 is 0 Å². The van der Waals surface area contributed by atoms with Gasteiger partial charge in [0.15, 0.2) is 0 Å². The first-order chi connectivity index (χ1) is 8.58. The lowest BCUT2D eigenvalue weighted by atomic mass is 9.99. The van der Waals surface area contributed by atoms with E-state index in [2.05, 4.69) is 15.9 Å². The van der Waals surface area contributed by atoms with Gasteiger partial charge in [-0.3, -0.25) is 0 Å². The van der Waals surface area contributed by atoms with Crippen LogP contribution in [-0.2, 0) is 0 Å². The fourth-order valence-corrected chi connectivity index (χ4v) is 1.96. The summed E-state index contributed by atoms with van der Waals surface area (Å²) in [5, 5.41) is 8.83. The van der Waals surface area contributed by atoms with Gasteiger partial charge in [0, 0.05) is 4.47 Å². The number of carbonyl (C=O) groups is 1. The van der Waals surface area contributed by atoms with Crippen molar-refractivity contribution >= 4 is 21.9 Å². The SMILES string of the molecule is NC(c1ccc(Br)cc1)c1ccc(C(=O)O)cc1. The van der Waals surface area contributed by atoms with Crippen molar-refractivity contribution in [2.75, 3.05) is 0 Å². The highest BCUT2D eigenvalue weighted by atomic mass is 79.9. The minimum absolute atomic E-state index is 0.249. The first-order valence-corrected chi connectivity index (χ1v) is 6.21. The molecule has 0 bridgehead atoms. The van der Waals surface area contributed by atoms with Crippen LogP contribution in [-0.4, -0.2) is 11.1 Å². The maximum Gasteiger partial charge on any atom is 0.335 e. The summed E-state index contributed by atoms with van der Waals surface area (Å²) in [7, 11) is 0. The molecule has 4 heteroatoms. The molecule has 3 N–H and O–H groups in total. The smallest absolute Gasteiger partial charge is 0.335 e. The van der Waals surface area contributed by atoms with Crippen molar-refractivity contribution < 1.29 is 9.90 Å². The Hall–Kier alpha value is -1.65. The Labute approximate surface area is 113 Å². The van der Waals surface area contributed by atoms with Gasteiger partial charge in [-0.15, -0.1) is 0 Å². The number of benzene rings is 2. The summed E-state index contributed by atoms with van der Waals surface area (Å²) >= 11 is 3.37. The molecule has 92 valence electrons. The van der Waals surface area contributed by atoms with Crippen LogP contribution in [0.15, 0.2) is 53.0 Å². The van der Waals surface area contributed by atoms with Gasteiger partial charge in [0.1, 0.15) is 0 Å². The minimum Gasteiger partial charge on any atom is -0.478 e. The Morgan fingerprint density at radius 2 is 1.44 bits per heavy atom. The Bertz CT molecular complexity index is 549. The van der Waals surface area contributed by atoms with Crippen LogP contribution in [0.3, 0.4) is 0 Å². The monoisotopic (exact) mass is 305 g/mol. The molecule has 0 heterocycles. The molecule has 0 radical (unpaired) electrons. The summed E-state index contributed by atoms with van der Waals surface area (Å²) in [4.78, 5) is 10.8. The third-order valence-electron chi connectivity index (χ3n) is 2.75. The average Bonchev–Trinajstić information content (AvgIpc) is 2.39. The van der Waals surface area contributed by atoms with Crippen LogP contribution in [0.5, 0.6) is 0 Å². The number of carboxylic acids is 1. The molecular weight excluding hydrogens is 294 g/mol. The van der Waals surface area contributed by atoms with E-state index in [1.165, 1.54) is 0 Å². The molecule has 0 amide bonds. The molecule has 3 nitrogen and oxygen atoms in total. The highest BCUT2D eigenvalue weighted by Gasteiger charge is 2.09. The van der Waals surface area contributed by atoms with Gasteiger partial charge in [-0.2, -0.15) is 0 Å². The first-order valence-electron chi connectivity index (χ1n) is 5.42. The zero-order valence-electron chi connectivity index (χ0n) is 9.51. The summed E-state index contributed by atoms with van der Waals surface area (Å²) in [6, 6.07) is 14.1. The zero-order valence-corrected chi connectivity index (χ0v) is 11.1. The average molecular weight is 306 g/mol. The first kappa shape index (κ1) is 12.8. The van der Waals surface area contributed by atoms with Gasteiger partial charge in [-0.05, 0) is 35.4 Å². The van der Waals surface area contributed by atoms with E-state index in [0.717, 1.165) is 15.6 Å². The summed E-state index contributed by atoms with van der Waals surface area (Å²) in [6.45, 7) is 0. The fraction of sp³-hybridized carbons (Fsp3) is 0.0714. The van der Waals surface area contributed by atoms with Gasteiger partial charge >= 0.3 is 5.97 Å². The molecule has 0 aliphatic rings. The molecule has 1 atom stereocenters. The van der Waals surface area contributed by atoms with Crippen molar-refractivity contribution in [3.8, 4) is 0 Å². The Morgan fingerprint density at radius 1 is 1.00 bits per heavy atom. The predicted molar refractivity (Wildman–Crippen MR) is 73.6 cm³/mol. The maximum atomic E-state index is 10.8.